The average Bonchev–Trinajstić information content (AvgIpc) is 2.18. The highest BCUT2D eigenvalue weighted by atomic mass is 32.2. The Labute approximate surface area is 95.6 Å². The third kappa shape index (κ3) is 4.32. The van der Waals surface area contributed by atoms with Crippen LogP contribution in [0.15, 0.2) is 11.6 Å². The minimum absolute atomic E-state index is 0.473. The van der Waals surface area contributed by atoms with Crippen molar-refractivity contribution in [3.63, 3.8) is 0 Å². The van der Waals surface area contributed by atoms with Crippen molar-refractivity contribution in [1.82, 2.24) is 0 Å². The van der Waals surface area contributed by atoms with Crippen LogP contribution in [0.3, 0.4) is 0 Å². The van der Waals surface area contributed by atoms with Gasteiger partial charge in [0, 0.05) is 6.08 Å². The molecule has 0 heterocycles. The number of hydrogen-bond acceptors (Lipinski definition) is 5. The Morgan fingerprint density at radius 2 is 2.12 bits per heavy atom. The molecule has 0 bridgehead atoms. The summed E-state index contributed by atoms with van der Waals surface area (Å²) in [6, 6.07) is 0. The molecule has 0 aromatic carbocycles. The summed E-state index contributed by atoms with van der Waals surface area (Å²) in [5, 5.41) is 0. The van der Waals surface area contributed by atoms with Crippen molar-refractivity contribution in [2.24, 2.45) is 0 Å². The molecule has 1 aliphatic rings. The lowest BCUT2D eigenvalue weighted by Crippen LogP contribution is -2.23. The summed E-state index contributed by atoms with van der Waals surface area (Å²) in [4.78, 5) is 11.1. The molecule has 1 rings (SSSR count). The molecule has 0 amide bonds. The fraction of sp³-hybridized carbons (Fsp3) is 0.700. The number of rotatable bonds is 3. The molecule has 1 atom stereocenters. The van der Waals surface area contributed by atoms with Gasteiger partial charge in [0.15, 0.2) is 0 Å². The molecule has 1 aliphatic carbocycles. The highest BCUT2D eigenvalue weighted by Gasteiger charge is 2.24. The van der Waals surface area contributed by atoms with Crippen LogP contribution in [0, 0.1) is 0 Å². The fourth-order valence-corrected chi connectivity index (χ4v) is 2.34. The second-order valence-electron chi connectivity index (χ2n) is 3.78. The van der Waals surface area contributed by atoms with Gasteiger partial charge in [-0.2, -0.15) is 8.42 Å². The standard InChI is InChI=1S/C10H16O5S/c1-14-10(11)7-8-5-3-4-6-9(8)15-16(2,12)13/h7,9H,3-6H2,1-2H3. The van der Waals surface area contributed by atoms with E-state index >= 15 is 0 Å². The van der Waals surface area contributed by atoms with E-state index in [1.165, 1.54) is 13.2 Å². The predicted molar refractivity (Wildman–Crippen MR) is 58.3 cm³/mol. The van der Waals surface area contributed by atoms with E-state index in [4.69, 9.17) is 4.18 Å². The maximum absolute atomic E-state index is 11.1. The first kappa shape index (κ1) is 13.2. The lowest BCUT2D eigenvalue weighted by molar-refractivity contribution is -0.135. The molecule has 0 radical (unpaired) electrons. The molecule has 0 aliphatic heterocycles. The number of methoxy groups -OCH3 is 1. The van der Waals surface area contributed by atoms with Gasteiger partial charge in [-0.25, -0.2) is 4.79 Å². The van der Waals surface area contributed by atoms with E-state index < -0.39 is 22.2 Å². The minimum Gasteiger partial charge on any atom is -0.466 e. The lowest BCUT2D eigenvalue weighted by Gasteiger charge is -2.23. The lowest BCUT2D eigenvalue weighted by atomic mass is 9.92. The second-order valence-corrected chi connectivity index (χ2v) is 5.38. The van der Waals surface area contributed by atoms with Crippen LogP contribution in [0.2, 0.25) is 0 Å². The zero-order valence-electron chi connectivity index (χ0n) is 9.43. The SMILES string of the molecule is COC(=O)C=C1CCCCC1OS(C)(=O)=O. The minimum atomic E-state index is -3.49. The molecule has 1 unspecified atom stereocenters. The summed E-state index contributed by atoms with van der Waals surface area (Å²) in [6.45, 7) is 0. The third-order valence-electron chi connectivity index (χ3n) is 2.39. The van der Waals surface area contributed by atoms with E-state index in [1.807, 2.05) is 0 Å². The Bertz CT molecular complexity index is 382. The first-order chi connectivity index (χ1) is 7.42. The molecule has 92 valence electrons. The van der Waals surface area contributed by atoms with Crippen LogP contribution in [0.4, 0.5) is 0 Å². The van der Waals surface area contributed by atoms with Crippen molar-refractivity contribution in [3.8, 4) is 0 Å². The number of carbonyl (C=O) groups is 1. The van der Waals surface area contributed by atoms with Crippen molar-refractivity contribution >= 4 is 16.1 Å². The van der Waals surface area contributed by atoms with E-state index in [0.717, 1.165) is 19.1 Å². The van der Waals surface area contributed by atoms with E-state index in [1.54, 1.807) is 0 Å². The predicted octanol–water partition coefficient (Wildman–Crippen LogP) is 1.00. The first-order valence-corrected chi connectivity index (χ1v) is 6.90. The number of esters is 1. The van der Waals surface area contributed by atoms with Gasteiger partial charge in [0.1, 0.15) is 0 Å². The van der Waals surface area contributed by atoms with Gasteiger partial charge in [0.05, 0.1) is 19.5 Å². The first-order valence-electron chi connectivity index (χ1n) is 5.09. The maximum atomic E-state index is 11.1. The molecule has 0 aromatic rings. The van der Waals surface area contributed by atoms with Crippen LogP contribution < -0.4 is 0 Å². The third-order valence-corrected chi connectivity index (χ3v) is 2.97. The van der Waals surface area contributed by atoms with Crippen LogP contribution in [-0.4, -0.2) is 33.9 Å². The van der Waals surface area contributed by atoms with E-state index in [-0.39, 0.29) is 0 Å². The molecule has 6 heteroatoms. The fourth-order valence-electron chi connectivity index (χ4n) is 1.70. The molecule has 0 N–H and O–H groups in total. The highest BCUT2D eigenvalue weighted by molar-refractivity contribution is 7.86. The summed E-state index contributed by atoms with van der Waals surface area (Å²) in [6.07, 6.45) is 4.96. The highest BCUT2D eigenvalue weighted by Crippen LogP contribution is 2.27. The van der Waals surface area contributed by atoms with Crippen molar-refractivity contribution in [3.05, 3.63) is 11.6 Å². The number of ether oxygens (including phenoxy) is 1. The van der Waals surface area contributed by atoms with Crippen molar-refractivity contribution in [2.45, 2.75) is 31.8 Å². The van der Waals surface area contributed by atoms with Gasteiger partial charge >= 0.3 is 5.97 Å². The van der Waals surface area contributed by atoms with Gasteiger partial charge in [-0.1, -0.05) is 6.42 Å². The van der Waals surface area contributed by atoms with Crippen LogP contribution in [0.1, 0.15) is 25.7 Å². The summed E-state index contributed by atoms with van der Waals surface area (Å²) >= 11 is 0. The molecule has 0 saturated heterocycles. The molecule has 1 fully saturated rings. The quantitative estimate of drug-likeness (QED) is 0.423. The molecular formula is C10H16O5S. The Morgan fingerprint density at radius 3 is 2.69 bits per heavy atom. The van der Waals surface area contributed by atoms with E-state index in [9.17, 15) is 13.2 Å². The number of hydrogen-bond donors (Lipinski definition) is 0. The van der Waals surface area contributed by atoms with Crippen LogP contribution >= 0.6 is 0 Å². The topological polar surface area (TPSA) is 69.7 Å². The molecular weight excluding hydrogens is 232 g/mol. The molecule has 0 spiro atoms. The Balaban J connectivity index is 2.79. The molecule has 0 aromatic heterocycles. The van der Waals surface area contributed by atoms with Crippen molar-refractivity contribution < 1.29 is 22.1 Å². The van der Waals surface area contributed by atoms with Gasteiger partial charge in [-0.05, 0) is 24.8 Å². The Hall–Kier alpha value is -0.880. The van der Waals surface area contributed by atoms with E-state index in [2.05, 4.69) is 4.74 Å². The van der Waals surface area contributed by atoms with Gasteiger partial charge in [0.25, 0.3) is 10.1 Å². The molecule has 1 saturated carbocycles. The van der Waals surface area contributed by atoms with E-state index in [0.29, 0.717) is 18.4 Å². The smallest absolute Gasteiger partial charge is 0.330 e. The van der Waals surface area contributed by atoms with Gasteiger partial charge in [0.2, 0.25) is 0 Å². The van der Waals surface area contributed by atoms with Gasteiger partial charge in [-0.15, -0.1) is 0 Å². The monoisotopic (exact) mass is 248 g/mol. The summed E-state index contributed by atoms with van der Waals surface area (Å²) in [7, 11) is -2.21. The summed E-state index contributed by atoms with van der Waals surface area (Å²) < 4.78 is 31.5. The summed E-state index contributed by atoms with van der Waals surface area (Å²) in [5.41, 5.74) is 0.698. The molecule has 5 nitrogen and oxygen atoms in total. The Kier molecular flexibility index (Phi) is 4.49. The van der Waals surface area contributed by atoms with Crippen LogP contribution in [-0.2, 0) is 23.8 Å². The number of carbonyl (C=O) groups excluding carboxylic acids is 1. The maximum Gasteiger partial charge on any atom is 0.330 e. The zero-order chi connectivity index (χ0) is 12.2. The zero-order valence-corrected chi connectivity index (χ0v) is 10.2. The van der Waals surface area contributed by atoms with Crippen molar-refractivity contribution in [1.29, 1.82) is 0 Å². The second kappa shape index (κ2) is 5.45. The van der Waals surface area contributed by atoms with Crippen LogP contribution in [0.5, 0.6) is 0 Å². The van der Waals surface area contributed by atoms with Gasteiger partial charge < -0.3 is 4.74 Å². The summed E-state index contributed by atoms with van der Waals surface area (Å²) in [5.74, 6) is -0.473. The van der Waals surface area contributed by atoms with Gasteiger partial charge in [-0.3, -0.25) is 4.18 Å². The normalized spacial score (nSPS) is 24.4. The van der Waals surface area contributed by atoms with Crippen LogP contribution in [0.25, 0.3) is 0 Å². The largest absolute Gasteiger partial charge is 0.466 e. The Morgan fingerprint density at radius 1 is 1.44 bits per heavy atom. The van der Waals surface area contributed by atoms with Crippen molar-refractivity contribution in [2.75, 3.05) is 13.4 Å². The average molecular weight is 248 g/mol. The molecule has 16 heavy (non-hydrogen) atoms.